The quantitative estimate of drug-likeness (QED) is 0.774. The van der Waals surface area contributed by atoms with Crippen LogP contribution in [0.15, 0.2) is 29.2 Å². The fourth-order valence-corrected chi connectivity index (χ4v) is 3.22. The predicted octanol–water partition coefficient (Wildman–Crippen LogP) is 0.616. The first-order chi connectivity index (χ1) is 10.7. The molecule has 114 valence electrons. The van der Waals surface area contributed by atoms with Gasteiger partial charge in [0.1, 0.15) is 5.65 Å². The third-order valence-electron chi connectivity index (χ3n) is 4.47. The van der Waals surface area contributed by atoms with Crippen LogP contribution in [0.1, 0.15) is 17.7 Å². The predicted molar refractivity (Wildman–Crippen MR) is 79.5 cm³/mol. The highest BCUT2D eigenvalue weighted by Gasteiger charge is 2.31. The average molecular weight is 299 g/mol. The lowest BCUT2D eigenvalue weighted by Gasteiger charge is -2.29. The van der Waals surface area contributed by atoms with E-state index in [-0.39, 0.29) is 17.4 Å². The van der Waals surface area contributed by atoms with Crippen molar-refractivity contribution in [1.82, 2.24) is 14.3 Å². The second-order valence-electron chi connectivity index (χ2n) is 5.84. The molecule has 1 atom stereocenters. The van der Waals surface area contributed by atoms with E-state index in [1.54, 1.807) is 15.5 Å². The second-order valence-corrected chi connectivity index (χ2v) is 5.84. The Morgan fingerprint density at radius 1 is 1.36 bits per heavy atom. The lowest BCUT2D eigenvalue weighted by molar-refractivity contribution is -0.136. The first-order valence-corrected chi connectivity index (χ1v) is 7.60. The van der Waals surface area contributed by atoms with Gasteiger partial charge in [-0.15, -0.1) is 0 Å². The number of hydrogen-bond donors (Lipinski definition) is 0. The molecular formula is C16H17N3O3. The molecule has 0 aliphatic carbocycles. The van der Waals surface area contributed by atoms with Gasteiger partial charge in [-0.2, -0.15) is 0 Å². The minimum Gasteiger partial charge on any atom is -0.381 e. The minimum absolute atomic E-state index is 0.0577. The topological polar surface area (TPSA) is 63.9 Å². The summed E-state index contributed by atoms with van der Waals surface area (Å²) in [4.78, 5) is 31.5. The largest absolute Gasteiger partial charge is 0.381 e. The number of carbonyl (C=O) groups is 1. The van der Waals surface area contributed by atoms with Crippen molar-refractivity contribution in [3.05, 3.63) is 46.0 Å². The van der Waals surface area contributed by atoms with Crippen LogP contribution >= 0.6 is 0 Å². The fraction of sp³-hybridized carbons (Fsp3) is 0.438. The van der Waals surface area contributed by atoms with Gasteiger partial charge in [-0.25, -0.2) is 4.98 Å². The molecule has 1 unspecified atom stereocenters. The van der Waals surface area contributed by atoms with Gasteiger partial charge in [0.05, 0.1) is 30.3 Å². The summed E-state index contributed by atoms with van der Waals surface area (Å²) in [6.07, 6.45) is 3.13. The van der Waals surface area contributed by atoms with Crippen LogP contribution in [0, 0.1) is 5.92 Å². The van der Waals surface area contributed by atoms with E-state index >= 15 is 0 Å². The summed E-state index contributed by atoms with van der Waals surface area (Å²) in [6, 6.07) is 5.51. The lowest BCUT2D eigenvalue weighted by atomic mass is 10.0. The van der Waals surface area contributed by atoms with Crippen molar-refractivity contribution in [3.8, 4) is 0 Å². The van der Waals surface area contributed by atoms with Crippen molar-refractivity contribution in [2.45, 2.75) is 19.4 Å². The third kappa shape index (κ3) is 2.11. The van der Waals surface area contributed by atoms with E-state index in [0.29, 0.717) is 43.9 Å². The number of nitrogens with zero attached hydrogens (tertiary/aromatic N) is 3. The number of pyridine rings is 1. The Labute approximate surface area is 127 Å². The van der Waals surface area contributed by atoms with E-state index in [1.165, 1.54) is 0 Å². The minimum atomic E-state index is -0.0687. The molecule has 4 heterocycles. The Bertz CT molecular complexity index is 793. The van der Waals surface area contributed by atoms with Crippen molar-refractivity contribution in [2.75, 3.05) is 19.8 Å². The van der Waals surface area contributed by atoms with Gasteiger partial charge in [0.25, 0.3) is 5.56 Å². The van der Waals surface area contributed by atoms with Crippen molar-refractivity contribution in [3.63, 3.8) is 0 Å². The highest BCUT2D eigenvalue weighted by molar-refractivity contribution is 5.79. The number of ether oxygens (including phenoxy) is 1. The summed E-state index contributed by atoms with van der Waals surface area (Å²) < 4.78 is 6.84. The summed E-state index contributed by atoms with van der Waals surface area (Å²) in [5.74, 6) is 0.0402. The monoisotopic (exact) mass is 299 g/mol. The second kappa shape index (κ2) is 5.21. The molecule has 6 nitrogen and oxygen atoms in total. The van der Waals surface area contributed by atoms with Gasteiger partial charge in [-0.1, -0.05) is 6.07 Å². The van der Waals surface area contributed by atoms with Crippen LogP contribution in [-0.4, -0.2) is 40.0 Å². The SMILES string of the molecule is O=C(C1CCOC1)N1CCc2nc3ccccn3c(=O)c2C1. The van der Waals surface area contributed by atoms with Crippen molar-refractivity contribution >= 4 is 11.6 Å². The van der Waals surface area contributed by atoms with E-state index in [9.17, 15) is 9.59 Å². The van der Waals surface area contributed by atoms with Crippen LogP contribution in [-0.2, 0) is 22.5 Å². The molecule has 2 aliphatic rings. The Balaban J connectivity index is 1.69. The average Bonchev–Trinajstić information content (AvgIpc) is 3.09. The van der Waals surface area contributed by atoms with E-state index in [4.69, 9.17) is 4.74 Å². The summed E-state index contributed by atoms with van der Waals surface area (Å²) >= 11 is 0. The van der Waals surface area contributed by atoms with Crippen LogP contribution in [0.3, 0.4) is 0 Å². The van der Waals surface area contributed by atoms with Gasteiger partial charge in [0.2, 0.25) is 5.91 Å². The number of rotatable bonds is 1. The van der Waals surface area contributed by atoms with Crippen molar-refractivity contribution in [2.24, 2.45) is 5.92 Å². The molecule has 4 rings (SSSR count). The fourth-order valence-electron chi connectivity index (χ4n) is 3.22. The summed E-state index contributed by atoms with van der Waals surface area (Å²) in [5, 5.41) is 0. The Morgan fingerprint density at radius 2 is 2.27 bits per heavy atom. The first-order valence-electron chi connectivity index (χ1n) is 7.60. The summed E-state index contributed by atoms with van der Waals surface area (Å²) in [6.45, 7) is 2.12. The van der Waals surface area contributed by atoms with Crippen LogP contribution in [0.2, 0.25) is 0 Å². The van der Waals surface area contributed by atoms with Crippen LogP contribution in [0.4, 0.5) is 0 Å². The van der Waals surface area contributed by atoms with Crippen molar-refractivity contribution < 1.29 is 9.53 Å². The normalized spacial score (nSPS) is 21.1. The van der Waals surface area contributed by atoms with Gasteiger partial charge in [0, 0.05) is 25.8 Å². The molecule has 2 aliphatic heterocycles. The zero-order chi connectivity index (χ0) is 15.1. The molecule has 1 saturated heterocycles. The number of fused-ring (bicyclic) bond motifs is 2. The highest BCUT2D eigenvalue weighted by atomic mass is 16.5. The van der Waals surface area contributed by atoms with Crippen molar-refractivity contribution in [1.29, 1.82) is 0 Å². The standard InChI is InChI=1S/C16H17N3O3/c20-15(11-5-8-22-10-11)18-7-4-13-12(9-18)16(21)19-6-2-1-3-14(19)17-13/h1-3,6,11H,4-5,7-10H2. The molecule has 0 radical (unpaired) electrons. The third-order valence-corrected chi connectivity index (χ3v) is 4.47. The van der Waals surface area contributed by atoms with Gasteiger partial charge in [-0.05, 0) is 18.6 Å². The maximum atomic E-state index is 12.6. The molecule has 1 amide bonds. The number of amides is 1. The number of hydrogen-bond acceptors (Lipinski definition) is 4. The maximum absolute atomic E-state index is 12.6. The van der Waals surface area contributed by atoms with E-state index < -0.39 is 0 Å². The van der Waals surface area contributed by atoms with E-state index in [1.807, 2.05) is 18.2 Å². The summed E-state index contributed by atoms with van der Waals surface area (Å²) in [7, 11) is 0. The molecule has 22 heavy (non-hydrogen) atoms. The smallest absolute Gasteiger partial charge is 0.263 e. The van der Waals surface area contributed by atoms with Gasteiger partial charge in [-0.3, -0.25) is 14.0 Å². The van der Waals surface area contributed by atoms with Gasteiger partial charge < -0.3 is 9.64 Å². The number of aromatic nitrogens is 2. The molecule has 0 bridgehead atoms. The molecule has 0 saturated carbocycles. The first kappa shape index (κ1) is 13.5. The zero-order valence-electron chi connectivity index (χ0n) is 12.2. The molecule has 0 spiro atoms. The Morgan fingerprint density at radius 3 is 3.09 bits per heavy atom. The van der Waals surface area contributed by atoms with Gasteiger partial charge >= 0.3 is 0 Å². The molecule has 2 aromatic heterocycles. The molecular weight excluding hydrogens is 282 g/mol. The van der Waals surface area contributed by atoms with Crippen LogP contribution in [0.5, 0.6) is 0 Å². The van der Waals surface area contributed by atoms with Gasteiger partial charge in [0.15, 0.2) is 0 Å². The number of carbonyl (C=O) groups excluding carboxylic acids is 1. The summed E-state index contributed by atoms with van der Waals surface area (Å²) in [5.41, 5.74) is 2.06. The molecule has 6 heteroatoms. The van der Waals surface area contributed by atoms with Crippen LogP contribution in [0.25, 0.3) is 5.65 Å². The molecule has 0 N–H and O–H groups in total. The molecule has 0 aromatic carbocycles. The Kier molecular flexibility index (Phi) is 3.18. The molecule has 1 fully saturated rings. The van der Waals surface area contributed by atoms with E-state index in [2.05, 4.69) is 4.98 Å². The Hall–Kier alpha value is -2.21. The lowest BCUT2D eigenvalue weighted by Crippen LogP contribution is -2.43. The van der Waals surface area contributed by atoms with E-state index in [0.717, 1.165) is 12.1 Å². The van der Waals surface area contributed by atoms with Crippen LogP contribution < -0.4 is 5.56 Å². The molecule has 2 aromatic rings. The maximum Gasteiger partial charge on any atom is 0.263 e. The highest BCUT2D eigenvalue weighted by Crippen LogP contribution is 2.21. The zero-order valence-corrected chi connectivity index (χ0v) is 12.2.